The van der Waals surface area contributed by atoms with Gasteiger partial charge in [0.05, 0.1) is 5.02 Å². The predicted octanol–water partition coefficient (Wildman–Crippen LogP) is 2.97. The quantitative estimate of drug-likeness (QED) is 0.592. The highest BCUT2D eigenvalue weighted by Crippen LogP contribution is 2.25. The molecule has 12 heavy (non-hydrogen) atoms. The van der Waals surface area contributed by atoms with Crippen molar-refractivity contribution in [1.82, 2.24) is 4.57 Å². The van der Waals surface area contributed by atoms with Crippen LogP contribution in [0.3, 0.4) is 0 Å². The zero-order valence-electron chi connectivity index (χ0n) is 6.51. The van der Waals surface area contributed by atoms with Crippen LogP contribution in [0.4, 0.5) is 4.39 Å². The summed E-state index contributed by atoms with van der Waals surface area (Å²) in [5.41, 5.74) is 0.946. The molecule has 3 heteroatoms. The van der Waals surface area contributed by atoms with Crippen molar-refractivity contribution in [3.63, 3.8) is 0 Å². The van der Waals surface area contributed by atoms with Gasteiger partial charge in [0.25, 0.3) is 0 Å². The maximum atomic E-state index is 12.8. The van der Waals surface area contributed by atoms with Crippen molar-refractivity contribution in [1.29, 1.82) is 0 Å². The summed E-state index contributed by atoms with van der Waals surface area (Å²) in [5.74, 6) is -0.254. The molecule has 0 unspecified atom stereocenters. The molecule has 2 aromatic rings. The van der Waals surface area contributed by atoms with Gasteiger partial charge in [0, 0.05) is 24.1 Å². The average molecular weight is 184 g/mol. The number of aryl methyl sites for hydroxylation is 1. The van der Waals surface area contributed by atoms with Gasteiger partial charge < -0.3 is 4.57 Å². The fourth-order valence-electron chi connectivity index (χ4n) is 1.32. The Morgan fingerprint density at radius 2 is 2.17 bits per heavy atom. The van der Waals surface area contributed by atoms with Crippen molar-refractivity contribution in [2.24, 2.45) is 7.05 Å². The van der Waals surface area contributed by atoms with Crippen LogP contribution in [0.2, 0.25) is 5.02 Å². The number of rotatable bonds is 0. The second kappa shape index (κ2) is 2.49. The van der Waals surface area contributed by atoms with Crippen LogP contribution < -0.4 is 0 Å². The van der Waals surface area contributed by atoms with E-state index < -0.39 is 0 Å². The first-order chi connectivity index (χ1) is 5.68. The summed E-state index contributed by atoms with van der Waals surface area (Å²) in [4.78, 5) is 0. The third kappa shape index (κ3) is 0.994. The van der Waals surface area contributed by atoms with E-state index in [2.05, 4.69) is 0 Å². The van der Waals surface area contributed by atoms with Gasteiger partial charge in [-0.25, -0.2) is 4.39 Å². The Kier molecular flexibility index (Phi) is 1.58. The highest BCUT2D eigenvalue weighted by Gasteiger charge is 2.04. The smallest absolute Gasteiger partial charge is 0.124 e. The van der Waals surface area contributed by atoms with Gasteiger partial charge >= 0.3 is 0 Å². The molecule has 0 saturated heterocycles. The van der Waals surface area contributed by atoms with E-state index in [1.807, 2.05) is 11.6 Å². The van der Waals surface area contributed by atoms with E-state index in [9.17, 15) is 4.39 Å². The van der Waals surface area contributed by atoms with Crippen LogP contribution in [0.15, 0.2) is 24.4 Å². The lowest BCUT2D eigenvalue weighted by Gasteiger charge is -1.94. The monoisotopic (exact) mass is 183 g/mol. The number of benzene rings is 1. The van der Waals surface area contributed by atoms with E-state index in [-0.39, 0.29) is 5.82 Å². The third-order valence-corrected chi connectivity index (χ3v) is 2.20. The first kappa shape index (κ1) is 7.62. The molecule has 0 aliphatic heterocycles. The van der Waals surface area contributed by atoms with E-state index in [1.165, 1.54) is 12.1 Å². The van der Waals surface area contributed by atoms with Gasteiger partial charge in [0.15, 0.2) is 0 Å². The van der Waals surface area contributed by atoms with Gasteiger partial charge in [-0.15, -0.1) is 0 Å². The van der Waals surface area contributed by atoms with Crippen LogP contribution in [-0.2, 0) is 7.05 Å². The van der Waals surface area contributed by atoms with E-state index in [1.54, 1.807) is 12.3 Å². The molecule has 0 aliphatic carbocycles. The second-order valence-corrected chi connectivity index (χ2v) is 3.16. The summed E-state index contributed by atoms with van der Waals surface area (Å²) >= 11 is 5.86. The Hall–Kier alpha value is -1.02. The summed E-state index contributed by atoms with van der Waals surface area (Å²) in [5, 5.41) is 1.35. The number of hydrogen-bond acceptors (Lipinski definition) is 0. The van der Waals surface area contributed by atoms with Crippen LogP contribution in [0.5, 0.6) is 0 Å². The maximum absolute atomic E-state index is 12.8. The molecule has 62 valence electrons. The first-order valence-corrected chi connectivity index (χ1v) is 3.96. The Morgan fingerprint density at radius 3 is 2.92 bits per heavy atom. The fourth-order valence-corrected chi connectivity index (χ4v) is 1.61. The van der Waals surface area contributed by atoms with Gasteiger partial charge in [-0.05, 0) is 18.2 Å². The highest BCUT2D eigenvalue weighted by atomic mass is 35.5. The summed E-state index contributed by atoms with van der Waals surface area (Å²) < 4.78 is 14.6. The fraction of sp³-hybridized carbons (Fsp3) is 0.111. The normalized spacial score (nSPS) is 10.9. The molecule has 0 bridgehead atoms. The molecule has 0 N–H and O–H groups in total. The topological polar surface area (TPSA) is 4.93 Å². The SMILES string of the molecule is Cn1cc(Cl)c2cc(F)ccc21. The standard InChI is InChI=1S/C9H7ClFN/c1-12-5-8(10)7-4-6(11)2-3-9(7)12/h2-5H,1H3. The summed E-state index contributed by atoms with van der Waals surface area (Å²) in [6.45, 7) is 0. The number of fused-ring (bicyclic) bond motifs is 1. The lowest BCUT2D eigenvalue weighted by Crippen LogP contribution is -1.83. The third-order valence-electron chi connectivity index (χ3n) is 1.90. The Bertz CT molecular complexity index is 433. The molecule has 0 spiro atoms. The molecule has 1 nitrogen and oxygen atoms in total. The van der Waals surface area contributed by atoms with E-state index in [0.717, 1.165) is 10.9 Å². The molecule has 2 rings (SSSR count). The molecule has 0 fully saturated rings. The van der Waals surface area contributed by atoms with Crippen LogP contribution >= 0.6 is 11.6 Å². The number of hydrogen-bond donors (Lipinski definition) is 0. The van der Waals surface area contributed by atoms with Crippen molar-refractivity contribution in [2.75, 3.05) is 0 Å². The van der Waals surface area contributed by atoms with Crippen molar-refractivity contribution >= 4 is 22.5 Å². The molecular weight excluding hydrogens is 177 g/mol. The molecule has 0 aliphatic rings. The van der Waals surface area contributed by atoms with Gasteiger partial charge in [0.2, 0.25) is 0 Å². The largest absolute Gasteiger partial charge is 0.349 e. The van der Waals surface area contributed by atoms with Gasteiger partial charge in [-0.1, -0.05) is 11.6 Å². The van der Waals surface area contributed by atoms with E-state index in [0.29, 0.717) is 5.02 Å². The molecular formula is C9H7ClFN. The zero-order valence-corrected chi connectivity index (χ0v) is 7.27. The molecule has 0 radical (unpaired) electrons. The Balaban J connectivity index is 2.90. The summed E-state index contributed by atoms with van der Waals surface area (Å²) in [6, 6.07) is 4.59. The number of nitrogens with zero attached hydrogens (tertiary/aromatic N) is 1. The lowest BCUT2D eigenvalue weighted by atomic mass is 10.2. The number of halogens is 2. The van der Waals surface area contributed by atoms with Crippen LogP contribution in [0.25, 0.3) is 10.9 Å². The van der Waals surface area contributed by atoms with Gasteiger partial charge in [-0.2, -0.15) is 0 Å². The Labute approximate surface area is 74.4 Å². The average Bonchev–Trinajstić information content (AvgIpc) is 2.28. The van der Waals surface area contributed by atoms with Crippen molar-refractivity contribution in [2.45, 2.75) is 0 Å². The minimum atomic E-state index is -0.254. The molecule has 0 atom stereocenters. The molecule has 0 amide bonds. The molecule has 1 aromatic carbocycles. The minimum Gasteiger partial charge on any atom is -0.349 e. The predicted molar refractivity (Wildman–Crippen MR) is 47.9 cm³/mol. The minimum absolute atomic E-state index is 0.254. The second-order valence-electron chi connectivity index (χ2n) is 2.75. The van der Waals surface area contributed by atoms with E-state index in [4.69, 9.17) is 11.6 Å². The Morgan fingerprint density at radius 1 is 1.42 bits per heavy atom. The van der Waals surface area contributed by atoms with Crippen LogP contribution in [0.1, 0.15) is 0 Å². The first-order valence-electron chi connectivity index (χ1n) is 3.58. The molecule has 1 heterocycles. The van der Waals surface area contributed by atoms with Crippen molar-refractivity contribution < 1.29 is 4.39 Å². The summed E-state index contributed by atoms with van der Waals surface area (Å²) in [7, 11) is 1.88. The summed E-state index contributed by atoms with van der Waals surface area (Å²) in [6.07, 6.45) is 1.77. The van der Waals surface area contributed by atoms with E-state index >= 15 is 0 Å². The molecule has 0 saturated carbocycles. The molecule has 1 aromatic heterocycles. The zero-order chi connectivity index (χ0) is 8.72. The van der Waals surface area contributed by atoms with Crippen LogP contribution in [0, 0.1) is 5.82 Å². The maximum Gasteiger partial charge on any atom is 0.124 e. The number of aromatic nitrogens is 1. The van der Waals surface area contributed by atoms with Crippen molar-refractivity contribution in [3.05, 3.63) is 35.2 Å². The van der Waals surface area contributed by atoms with Crippen LogP contribution in [-0.4, -0.2) is 4.57 Å². The lowest BCUT2D eigenvalue weighted by molar-refractivity contribution is 0.629. The van der Waals surface area contributed by atoms with Crippen molar-refractivity contribution in [3.8, 4) is 0 Å². The highest BCUT2D eigenvalue weighted by molar-refractivity contribution is 6.35. The van der Waals surface area contributed by atoms with Gasteiger partial charge in [-0.3, -0.25) is 0 Å². The van der Waals surface area contributed by atoms with Gasteiger partial charge in [0.1, 0.15) is 5.82 Å².